The number of nitrogens with zero attached hydrogens (tertiary/aromatic N) is 1. The van der Waals surface area contributed by atoms with E-state index in [1.807, 2.05) is 29.2 Å². The Morgan fingerprint density at radius 3 is 2.79 bits per heavy atom. The number of carbonyl (C=O) groups is 1. The molecule has 1 unspecified atom stereocenters. The van der Waals surface area contributed by atoms with Crippen molar-refractivity contribution in [2.24, 2.45) is 0 Å². The summed E-state index contributed by atoms with van der Waals surface area (Å²) in [5.74, 6) is 0.349. The summed E-state index contributed by atoms with van der Waals surface area (Å²) in [6.07, 6.45) is 0.0678. The van der Waals surface area contributed by atoms with Gasteiger partial charge in [0.15, 0.2) is 0 Å². The van der Waals surface area contributed by atoms with Gasteiger partial charge in [0.1, 0.15) is 11.6 Å². The normalized spacial score (nSPS) is 17.6. The van der Waals surface area contributed by atoms with Gasteiger partial charge in [0.05, 0.1) is 19.6 Å². The van der Waals surface area contributed by atoms with Gasteiger partial charge in [0, 0.05) is 25.2 Å². The molecule has 126 valence electrons. The first kappa shape index (κ1) is 16.5. The average Bonchev–Trinajstić information content (AvgIpc) is 2.63. The van der Waals surface area contributed by atoms with Crippen LogP contribution in [0.5, 0.6) is 5.75 Å². The third-order valence-corrected chi connectivity index (χ3v) is 4.36. The fourth-order valence-electron chi connectivity index (χ4n) is 3.13. The Bertz CT molecular complexity index is 720. The zero-order chi connectivity index (χ0) is 16.9. The summed E-state index contributed by atoms with van der Waals surface area (Å²) < 4.78 is 19.3. The molecule has 0 spiro atoms. The fraction of sp³-hybridized carbons (Fsp3) is 0.316. The first-order chi connectivity index (χ1) is 11.7. The summed E-state index contributed by atoms with van der Waals surface area (Å²) >= 11 is 0. The molecule has 0 bridgehead atoms. The van der Waals surface area contributed by atoms with Crippen molar-refractivity contribution in [2.75, 3.05) is 26.7 Å². The van der Waals surface area contributed by atoms with Crippen molar-refractivity contribution in [3.05, 3.63) is 65.5 Å². The number of hydrogen-bond acceptors (Lipinski definition) is 3. The van der Waals surface area contributed by atoms with Crippen molar-refractivity contribution in [1.82, 2.24) is 10.2 Å². The summed E-state index contributed by atoms with van der Waals surface area (Å²) in [6, 6.07) is 14.0. The van der Waals surface area contributed by atoms with Crippen LogP contribution in [0.1, 0.15) is 17.2 Å². The summed E-state index contributed by atoms with van der Waals surface area (Å²) in [5, 5.41) is 3.32. The third kappa shape index (κ3) is 3.41. The van der Waals surface area contributed by atoms with Gasteiger partial charge in [-0.25, -0.2) is 4.39 Å². The summed E-state index contributed by atoms with van der Waals surface area (Å²) in [5.41, 5.74) is 1.40. The van der Waals surface area contributed by atoms with Gasteiger partial charge in [0.2, 0.25) is 5.91 Å². The molecule has 1 saturated heterocycles. The predicted molar refractivity (Wildman–Crippen MR) is 90.4 cm³/mol. The number of amides is 1. The van der Waals surface area contributed by atoms with Gasteiger partial charge in [-0.15, -0.1) is 0 Å². The molecule has 5 heteroatoms. The highest BCUT2D eigenvalue weighted by Gasteiger charge is 2.29. The topological polar surface area (TPSA) is 41.6 Å². The van der Waals surface area contributed by atoms with E-state index in [4.69, 9.17) is 4.74 Å². The smallest absolute Gasteiger partial charge is 0.227 e. The zero-order valence-corrected chi connectivity index (χ0v) is 13.7. The number of nitrogens with one attached hydrogen (secondary N) is 1. The maximum Gasteiger partial charge on any atom is 0.227 e. The lowest BCUT2D eigenvalue weighted by molar-refractivity contribution is -0.133. The number of carbonyl (C=O) groups excluding carboxylic acids is 1. The molecule has 1 aliphatic heterocycles. The first-order valence-corrected chi connectivity index (χ1v) is 8.07. The van der Waals surface area contributed by atoms with E-state index in [0.29, 0.717) is 18.7 Å². The van der Waals surface area contributed by atoms with Gasteiger partial charge >= 0.3 is 0 Å². The Kier molecular flexibility index (Phi) is 5.11. The van der Waals surface area contributed by atoms with Crippen LogP contribution in [0.4, 0.5) is 4.39 Å². The quantitative estimate of drug-likeness (QED) is 0.938. The highest BCUT2D eigenvalue weighted by atomic mass is 19.1. The minimum Gasteiger partial charge on any atom is -0.496 e. The van der Waals surface area contributed by atoms with Gasteiger partial charge in [-0.2, -0.15) is 0 Å². The van der Waals surface area contributed by atoms with Crippen molar-refractivity contribution < 1.29 is 13.9 Å². The molecule has 1 fully saturated rings. The Morgan fingerprint density at radius 1 is 1.25 bits per heavy atom. The molecule has 3 rings (SSSR count). The number of halogens is 1. The molecule has 0 radical (unpaired) electrons. The van der Waals surface area contributed by atoms with Gasteiger partial charge in [-0.1, -0.05) is 36.4 Å². The van der Waals surface area contributed by atoms with Crippen molar-refractivity contribution in [3.8, 4) is 5.75 Å². The van der Waals surface area contributed by atoms with E-state index in [1.54, 1.807) is 25.3 Å². The summed E-state index contributed by atoms with van der Waals surface area (Å²) in [7, 11) is 1.63. The number of rotatable bonds is 4. The largest absolute Gasteiger partial charge is 0.496 e. The summed E-state index contributed by atoms with van der Waals surface area (Å²) in [4.78, 5) is 14.6. The van der Waals surface area contributed by atoms with Crippen LogP contribution < -0.4 is 10.1 Å². The monoisotopic (exact) mass is 328 g/mol. The van der Waals surface area contributed by atoms with Gasteiger partial charge in [-0.3, -0.25) is 4.79 Å². The Balaban J connectivity index is 1.84. The van der Waals surface area contributed by atoms with Crippen molar-refractivity contribution in [3.63, 3.8) is 0 Å². The number of para-hydroxylation sites is 1. The summed E-state index contributed by atoms with van der Waals surface area (Å²) in [6.45, 7) is 1.98. The van der Waals surface area contributed by atoms with Gasteiger partial charge in [0.25, 0.3) is 0 Å². The minimum atomic E-state index is -0.338. The maximum absolute atomic E-state index is 13.9. The van der Waals surface area contributed by atoms with Crippen LogP contribution in [0.3, 0.4) is 0 Å². The van der Waals surface area contributed by atoms with Crippen LogP contribution in [0, 0.1) is 5.82 Å². The molecule has 2 aromatic rings. The second-order valence-corrected chi connectivity index (χ2v) is 5.82. The second-order valence-electron chi connectivity index (χ2n) is 5.82. The molecule has 1 N–H and O–H groups in total. The Labute approximate surface area is 141 Å². The molecule has 24 heavy (non-hydrogen) atoms. The van der Waals surface area contributed by atoms with E-state index in [2.05, 4.69) is 5.32 Å². The molecule has 1 heterocycles. The molecule has 1 aliphatic rings. The lowest BCUT2D eigenvalue weighted by atomic mass is 10.0. The zero-order valence-electron chi connectivity index (χ0n) is 13.7. The number of hydrogen-bond donors (Lipinski definition) is 1. The van der Waals surface area contributed by atoms with Crippen molar-refractivity contribution in [1.29, 1.82) is 0 Å². The molecule has 1 atom stereocenters. The van der Waals surface area contributed by atoms with E-state index in [1.165, 1.54) is 6.07 Å². The van der Waals surface area contributed by atoms with E-state index in [0.717, 1.165) is 17.9 Å². The van der Waals surface area contributed by atoms with E-state index >= 15 is 0 Å². The molecule has 0 aliphatic carbocycles. The van der Waals surface area contributed by atoms with Crippen LogP contribution in [-0.2, 0) is 11.2 Å². The highest BCUT2D eigenvalue weighted by molar-refractivity contribution is 5.79. The molecule has 4 nitrogen and oxygen atoms in total. The van der Waals surface area contributed by atoms with Crippen molar-refractivity contribution >= 4 is 5.91 Å². The molecule has 0 aromatic heterocycles. The van der Waals surface area contributed by atoms with Crippen LogP contribution in [0.15, 0.2) is 48.5 Å². The lowest BCUT2D eigenvalue weighted by Crippen LogP contribution is -2.49. The van der Waals surface area contributed by atoms with Crippen LogP contribution in [0.2, 0.25) is 0 Å². The number of piperazine rings is 1. The molecular formula is C19H21FN2O2. The minimum absolute atomic E-state index is 0.0678. The van der Waals surface area contributed by atoms with E-state index < -0.39 is 0 Å². The first-order valence-electron chi connectivity index (χ1n) is 8.07. The number of methoxy groups -OCH3 is 1. The molecule has 2 aromatic carbocycles. The molecular weight excluding hydrogens is 307 g/mol. The number of benzene rings is 2. The SMILES string of the molecule is COc1ccccc1C1CNCCN1C(=O)Cc1ccccc1F. The molecule has 1 amide bonds. The standard InChI is InChI=1S/C19H21FN2O2/c1-24-18-9-5-3-7-15(18)17-13-21-10-11-22(17)19(23)12-14-6-2-4-8-16(14)20/h2-9,17,21H,10-13H2,1H3. The van der Waals surface area contributed by atoms with Crippen LogP contribution in [-0.4, -0.2) is 37.6 Å². The van der Waals surface area contributed by atoms with E-state index in [9.17, 15) is 9.18 Å². The maximum atomic E-state index is 13.9. The fourth-order valence-corrected chi connectivity index (χ4v) is 3.13. The van der Waals surface area contributed by atoms with Crippen LogP contribution in [0.25, 0.3) is 0 Å². The lowest BCUT2D eigenvalue weighted by Gasteiger charge is -2.37. The Hall–Kier alpha value is -2.40. The van der Waals surface area contributed by atoms with Gasteiger partial charge < -0.3 is 15.0 Å². The van der Waals surface area contributed by atoms with Crippen LogP contribution >= 0.6 is 0 Å². The molecule has 0 saturated carbocycles. The average molecular weight is 328 g/mol. The third-order valence-electron chi connectivity index (χ3n) is 4.36. The number of ether oxygens (including phenoxy) is 1. The van der Waals surface area contributed by atoms with E-state index in [-0.39, 0.29) is 24.2 Å². The van der Waals surface area contributed by atoms with Gasteiger partial charge in [-0.05, 0) is 17.7 Å². The predicted octanol–water partition coefficient (Wildman–Crippen LogP) is 2.55. The second kappa shape index (κ2) is 7.45. The highest BCUT2D eigenvalue weighted by Crippen LogP contribution is 2.30. The van der Waals surface area contributed by atoms with Crippen molar-refractivity contribution in [2.45, 2.75) is 12.5 Å². The Morgan fingerprint density at radius 2 is 2.00 bits per heavy atom.